The van der Waals surface area contributed by atoms with E-state index in [4.69, 9.17) is 16.2 Å². The molecule has 0 heterocycles. The Balaban J connectivity index is 2.39. The third-order valence-corrected chi connectivity index (χ3v) is 6.57. The minimum absolute atomic E-state index is 0.0487. The summed E-state index contributed by atoms with van der Waals surface area (Å²) >= 11 is 0. The van der Waals surface area contributed by atoms with Gasteiger partial charge in [0, 0.05) is 12.0 Å². The summed E-state index contributed by atoms with van der Waals surface area (Å²) in [4.78, 5) is 41.1. The first kappa shape index (κ1) is 31.1. The first-order chi connectivity index (χ1) is 17.8. The second-order valence-corrected chi connectivity index (χ2v) is 10.9. The molecule has 2 rings (SSSR count). The van der Waals surface area contributed by atoms with E-state index in [1.54, 1.807) is 27.7 Å². The van der Waals surface area contributed by atoms with Crippen LogP contribution in [0, 0.1) is 11.8 Å². The summed E-state index contributed by atoms with van der Waals surface area (Å²) in [6.07, 6.45) is -1.00. The van der Waals surface area contributed by atoms with Crippen molar-refractivity contribution in [2.75, 3.05) is 0 Å². The van der Waals surface area contributed by atoms with Gasteiger partial charge in [-0.2, -0.15) is 4.90 Å². The third kappa shape index (κ3) is 9.35. The number of nitrogens with zero attached hydrogens (tertiary/aromatic N) is 1. The van der Waals surface area contributed by atoms with Crippen molar-refractivity contribution in [2.45, 2.75) is 84.1 Å². The highest BCUT2D eigenvalue weighted by atomic mass is 16.6. The van der Waals surface area contributed by atoms with Gasteiger partial charge in [0.1, 0.15) is 5.60 Å². The lowest BCUT2D eigenvalue weighted by Gasteiger charge is -2.31. The molecule has 5 atom stereocenters. The Morgan fingerprint density at radius 3 is 1.87 bits per heavy atom. The first-order valence-electron chi connectivity index (χ1n) is 13.2. The summed E-state index contributed by atoms with van der Waals surface area (Å²) in [5.74, 6) is -2.77. The van der Waals surface area contributed by atoms with Crippen molar-refractivity contribution in [3.8, 4) is 0 Å². The minimum Gasteiger partial charge on any atom is -0.443 e. The van der Waals surface area contributed by atoms with Crippen molar-refractivity contribution in [1.82, 2.24) is 4.90 Å². The van der Waals surface area contributed by atoms with Crippen LogP contribution < -0.4 is 11.5 Å². The van der Waals surface area contributed by atoms with Gasteiger partial charge in [-0.3, -0.25) is 9.59 Å². The van der Waals surface area contributed by atoms with Gasteiger partial charge in [-0.05, 0) is 57.1 Å². The topological polar surface area (TPSA) is 136 Å². The zero-order valence-corrected chi connectivity index (χ0v) is 23.2. The first-order valence-corrected chi connectivity index (χ1v) is 13.2. The molecule has 8 nitrogen and oxygen atoms in total. The Bertz CT molecular complexity index is 1040. The molecule has 0 unspecified atom stereocenters. The fraction of sp³-hybridized carbons (Fsp3) is 0.500. The average molecular weight is 526 g/mol. The molecule has 0 fully saturated rings. The Labute approximate surface area is 226 Å². The number of aliphatic hydroxyl groups excluding tert-OH is 1. The van der Waals surface area contributed by atoms with E-state index < -0.39 is 47.6 Å². The van der Waals surface area contributed by atoms with Crippen LogP contribution in [0.25, 0.3) is 0 Å². The minimum atomic E-state index is -1.08. The number of aliphatic hydroxyl groups is 1. The van der Waals surface area contributed by atoms with Gasteiger partial charge in [0.25, 0.3) is 5.91 Å². The number of carbonyl (C=O) groups is 3. The predicted molar refractivity (Wildman–Crippen MR) is 148 cm³/mol. The van der Waals surface area contributed by atoms with Gasteiger partial charge in [0.05, 0.1) is 12.1 Å². The molecule has 0 bridgehead atoms. The number of nitrogens with two attached hydrogens (primary N) is 2. The summed E-state index contributed by atoms with van der Waals surface area (Å²) < 4.78 is 5.44. The highest BCUT2D eigenvalue weighted by Gasteiger charge is 2.41. The summed E-state index contributed by atoms with van der Waals surface area (Å²) in [5.41, 5.74) is 13.3. The molecular formula is C30H43N3O5. The maximum atomic E-state index is 13.9. The molecule has 0 aliphatic heterocycles. The number of benzene rings is 2. The summed E-state index contributed by atoms with van der Waals surface area (Å²) in [7, 11) is 0. The number of hydrogen-bond acceptors (Lipinski definition) is 7. The molecule has 5 N–H and O–H groups in total. The zero-order chi connectivity index (χ0) is 28.5. The SMILES string of the molecule is CC[C@H](C)[C@H](N)C(=O)N(C(=O)OC(C)(C)C)C(=O)[C@H](Cc1ccccc1)C[C@H](O)[C@@H](N)Cc1ccccc1. The maximum Gasteiger partial charge on any atom is 0.424 e. The molecule has 0 saturated carbocycles. The number of amides is 3. The molecule has 0 saturated heterocycles. The highest BCUT2D eigenvalue weighted by molar-refractivity contribution is 6.11. The number of hydrogen-bond donors (Lipinski definition) is 3. The van der Waals surface area contributed by atoms with Crippen LogP contribution in [0.5, 0.6) is 0 Å². The van der Waals surface area contributed by atoms with Gasteiger partial charge < -0.3 is 21.3 Å². The Morgan fingerprint density at radius 2 is 1.39 bits per heavy atom. The lowest BCUT2D eigenvalue weighted by molar-refractivity contribution is -0.148. The number of carbonyl (C=O) groups excluding carboxylic acids is 3. The van der Waals surface area contributed by atoms with E-state index in [0.717, 1.165) is 11.1 Å². The van der Waals surface area contributed by atoms with Crippen LogP contribution in [0.15, 0.2) is 60.7 Å². The summed E-state index contributed by atoms with van der Waals surface area (Å²) in [5, 5.41) is 11.0. The number of ether oxygens (including phenoxy) is 1. The van der Waals surface area contributed by atoms with E-state index in [0.29, 0.717) is 17.7 Å². The number of imide groups is 3. The molecule has 0 aromatic heterocycles. The smallest absolute Gasteiger partial charge is 0.424 e. The van der Waals surface area contributed by atoms with Crippen LogP contribution in [0.3, 0.4) is 0 Å². The lowest BCUT2D eigenvalue weighted by Crippen LogP contribution is -2.55. The van der Waals surface area contributed by atoms with E-state index in [1.165, 1.54) is 0 Å². The van der Waals surface area contributed by atoms with Crippen LogP contribution in [0.4, 0.5) is 4.79 Å². The Hall–Kier alpha value is -3.07. The molecule has 8 heteroatoms. The van der Waals surface area contributed by atoms with Gasteiger partial charge in [-0.1, -0.05) is 80.9 Å². The Morgan fingerprint density at radius 1 is 0.895 bits per heavy atom. The van der Waals surface area contributed by atoms with Crippen molar-refractivity contribution < 1.29 is 24.2 Å². The highest BCUT2D eigenvalue weighted by Crippen LogP contribution is 2.23. The van der Waals surface area contributed by atoms with Crippen molar-refractivity contribution in [1.29, 1.82) is 0 Å². The van der Waals surface area contributed by atoms with Crippen molar-refractivity contribution in [2.24, 2.45) is 23.3 Å². The van der Waals surface area contributed by atoms with Crippen molar-refractivity contribution in [3.05, 3.63) is 71.8 Å². The van der Waals surface area contributed by atoms with Crippen LogP contribution in [0.2, 0.25) is 0 Å². The molecule has 0 radical (unpaired) electrons. The quantitative estimate of drug-likeness (QED) is 0.406. The molecule has 3 amide bonds. The molecule has 0 aliphatic rings. The van der Waals surface area contributed by atoms with Crippen LogP contribution in [0.1, 0.15) is 58.6 Å². The van der Waals surface area contributed by atoms with Gasteiger partial charge in [-0.15, -0.1) is 0 Å². The van der Waals surface area contributed by atoms with Crippen LogP contribution in [-0.2, 0) is 27.2 Å². The zero-order valence-electron chi connectivity index (χ0n) is 23.2. The summed E-state index contributed by atoms with van der Waals surface area (Å²) in [6, 6.07) is 17.0. The van der Waals surface area contributed by atoms with Gasteiger partial charge in [0.15, 0.2) is 0 Å². The molecular weight excluding hydrogens is 482 g/mol. The third-order valence-electron chi connectivity index (χ3n) is 6.57. The van der Waals surface area contributed by atoms with Crippen molar-refractivity contribution in [3.63, 3.8) is 0 Å². The van der Waals surface area contributed by atoms with Gasteiger partial charge in [-0.25, -0.2) is 4.79 Å². The fourth-order valence-electron chi connectivity index (χ4n) is 4.08. The summed E-state index contributed by atoms with van der Waals surface area (Å²) in [6.45, 7) is 8.62. The largest absolute Gasteiger partial charge is 0.443 e. The van der Waals surface area contributed by atoms with Gasteiger partial charge in [0.2, 0.25) is 5.91 Å². The predicted octanol–water partition coefficient (Wildman–Crippen LogP) is 3.83. The lowest BCUT2D eigenvalue weighted by atomic mass is 9.88. The average Bonchev–Trinajstić information content (AvgIpc) is 2.87. The molecule has 208 valence electrons. The van der Waals surface area contributed by atoms with Gasteiger partial charge >= 0.3 is 6.09 Å². The molecule has 2 aromatic rings. The van der Waals surface area contributed by atoms with Crippen LogP contribution >= 0.6 is 0 Å². The van der Waals surface area contributed by atoms with Crippen LogP contribution in [-0.4, -0.2) is 51.7 Å². The fourth-order valence-corrected chi connectivity index (χ4v) is 4.08. The van der Waals surface area contributed by atoms with E-state index in [9.17, 15) is 19.5 Å². The monoisotopic (exact) mass is 525 g/mol. The Kier molecular flexibility index (Phi) is 11.6. The second-order valence-electron chi connectivity index (χ2n) is 10.9. The van der Waals surface area contributed by atoms with E-state index in [2.05, 4.69) is 0 Å². The standard InChI is InChI=1S/C30H43N3O5/c1-6-20(2)26(32)28(36)33(29(37)38-30(3,4)5)27(35)23(17-21-13-9-7-10-14-21)19-25(34)24(31)18-22-15-11-8-12-16-22/h7-16,20,23-26,34H,6,17-19,31-32H2,1-5H3/t20-,23+,24-,25-,26-/m0/s1. The molecule has 38 heavy (non-hydrogen) atoms. The molecule has 0 spiro atoms. The normalized spacial score (nSPS) is 15.6. The second kappa shape index (κ2) is 14.2. The molecule has 2 aromatic carbocycles. The van der Waals surface area contributed by atoms with E-state index in [-0.39, 0.29) is 18.8 Å². The van der Waals surface area contributed by atoms with E-state index >= 15 is 0 Å². The number of rotatable bonds is 11. The molecule has 0 aliphatic carbocycles. The van der Waals surface area contributed by atoms with E-state index in [1.807, 2.05) is 67.6 Å². The maximum absolute atomic E-state index is 13.9. The van der Waals surface area contributed by atoms with Crippen molar-refractivity contribution >= 4 is 17.9 Å².